The van der Waals surface area contributed by atoms with Crippen molar-refractivity contribution in [1.82, 2.24) is 18.5 Å². The molecule has 5 heteroatoms. The molecule has 11 aromatic rings. The van der Waals surface area contributed by atoms with Gasteiger partial charge in [0, 0.05) is 31.9 Å². The third-order valence-electron chi connectivity index (χ3n) is 11.6. The van der Waals surface area contributed by atoms with E-state index in [9.17, 15) is 0 Å². The molecule has 0 radical (unpaired) electrons. The summed E-state index contributed by atoms with van der Waals surface area (Å²) < 4.78 is 7.05. The lowest BCUT2D eigenvalue weighted by Crippen LogP contribution is -2.34. The Labute approximate surface area is 321 Å². The van der Waals surface area contributed by atoms with Gasteiger partial charge in [-0.1, -0.05) is 133 Å². The molecular weight excluding hydrogens is 689 g/mol. The van der Waals surface area contributed by atoms with E-state index in [0.717, 1.165) is 39.2 Å². The van der Waals surface area contributed by atoms with Gasteiger partial charge in [-0.05, 0) is 95.1 Å². The SMILES string of the molecule is c1ccc(C2(c3ccccc3)c3ccccc3Sc3ccc(-n4c5ccccc5c5cc(-n6c7ccccc7n7c8ccccc8nc67)ccc54)cc32)cc1. The number of imidazole rings is 2. The molecule has 0 fully saturated rings. The van der Waals surface area contributed by atoms with Crippen LogP contribution >= 0.6 is 11.8 Å². The van der Waals surface area contributed by atoms with Crippen LogP contribution in [-0.2, 0) is 5.41 Å². The number of nitrogens with zero attached hydrogens (tertiary/aromatic N) is 4. The van der Waals surface area contributed by atoms with Crippen LogP contribution in [-0.4, -0.2) is 18.5 Å². The van der Waals surface area contributed by atoms with Crippen molar-refractivity contribution in [3.05, 3.63) is 216 Å². The molecule has 0 aliphatic carbocycles. The minimum Gasteiger partial charge on any atom is -0.309 e. The first-order chi connectivity index (χ1) is 27.3. The maximum atomic E-state index is 5.16. The highest BCUT2D eigenvalue weighted by atomic mass is 32.2. The van der Waals surface area contributed by atoms with E-state index < -0.39 is 5.41 Å². The van der Waals surface area contributed by atoms with E-state index in [1.807, 2.05) is 11.8 Å². The molecule has 0 saturated heterocycles. The monoisotopic (exact) mass is 720 g/mol. The van der Waals surface area contributed by atoms with Crippen molar-refractivity contribution in [1.29, 1.82) is 0 Å². The quantitative estimate of drug-likeness (QED) is 0.181. The number of benzene rings is 8. The summed E-state index contributed by atoms with van der Waals surface area (Å²) in [6, 6.07) is 70.9. The Bertz CT molecular complexity index is 3260. The highest BCUT2D eigenvalue weighted by Crippen LogP contribution is 2.56. The van der Waals surface area contributed by atoms with Gasteiger partial charge < -0.3 is 4.57 Å². The topological polar surface area (TPSA) is 27.2 Å². The second-order valence-electron chi connectivity index (χ2n) is 14.4. The molecule has 0 N–H and O–H groups in total. The molecular formula is C50H32N4S. The average Bonchev–Trinajstić information content (AvgIpc) is 3.90. The molecule has 1 aliphatic rings. The summed E-state index contributed by atoms with van der Waals surface area (Å²) in [5, 5.41) is 2.42. The average molecular weight is 721 g/mol. The van der Waals surface area contributed by atoms with Crippen molar-refractivity contribution in [2.45, 2.75) is 15.2 Å². The molecule has 0 atom stereocenters. The lowest BCUT2D eigenvalue weighted by Gasteiger charge is -2.42. The zero-order chi connectivity index (χ0) is 36.1. The number of fused-ring (bicyclic) bond motifs is 10. The number of rotatable bonds is 4. The maximum absolute atomic E-state index is 5.16. The summed E-state index contributed by atoms with van der Waals surface area (Å²) in [7, 11) is 0. The molecule has 0 spiro atoms. The van der Waals surface area contributed by atoms with Gasteiger partial charge in [0.25, 0.3) is 0 Å². The van der Waals surface area contributed by atoms with Crippen LogP contribution in [0, 0.1) is 0 Å². The van der Waals surface area contributed by atoms with Crippen molar-refractivity contribution >= 4 is 61.4 Å². The number of hydrogen-bond acceptors (Lipinski definition) is 2. The Kier molecular flexibility index (Phi) is 6.45. The summed E-state index contributed by atoms with van der Waals surface area (Å²) in [5.74, 6) is 0.913. The van der Waals surface area contributed by atoms with Crippen molar-refractivity contribution in [2.24, 2.45) is 0 Å². The first-order valence-electron chi connectivity index (χ1n) is 18.7. The van der Waals surface area contributed by atoms with Crippen LogP contribution in [0.3, 0.4) is 0 Å². The Morgan fingerprint density at radius 2 is 0.982 bits per heavy atom. The largest absolute Gasteiger partial charge is 0.309 e. The van der Waals surface area contributed by atoms with Crippen molar-refractivity contribution < 1.29 is 0 Å². The summed E-state index contributed by atoms with van der Waals surface area (Å²) in [4.78, 5) is 7.72. The molecule has 55 heavy (non-hydrogen) atoms. The molecule has 0 amide bonds. The standard InChI is InChI=1S/C50H32N4S/c1-3-15-33(16-4-1)50(34-17-5-2-6-18-34)39-20-8-14-26-47(39)55-48-30-28-36(32-40(48)50)52-42-22-10-7-19-37(42)38-31-35(27-29-43(38)52)53-45-24-12-13-25-46(45)54-44-23-11-9-21-41(44)51-49(53)54/h1-32H. The summed E-state index contributed by atoms with van der Waals surface area (Å²) >= 11 is 1.87. The van der Waals surface area contributed by atoms with Gasteiger partial charge in [-0.2, -0.15) is 0 Å². The predicted octanol–water partition coefficient (Wildman–Crippen LogP) is 12.4. The fourth-order valence-corrected chi connectivity index (χ4v) is 10.5. The van der Waals surface area contributed by atoms with Crippen molar-refractivity contribution in [2.75, 3.05) is 0 Å². The first-order valence-corrected chi connectivity index (χ1v) is 19.5. The Morgan fingerprint density at radius 1 is 0.400 bits per heavy atom. The summed E-state index contributed by atoms with van der Waals surface area (Å²) in [6.45, 7) is 0. The molecule has 258 valence electrons. The third kappa shape index (κ3) is 4.21. The van der Waals surface area contributed by atoms with E-state index in [1.165, 1.54) is 53.9 Å². The van der Waals surface area contributed by atoms with Crippen molar-refractivity contribution in [3.63, 3.8) is 0 Å². The van der Waals surface area contributed by atoms with E-state index in [0.29, 0.717) is 0 Å². The lowest BCUT2D eigenvalue weighted by atomic mass is 9.65. The van der Waals surface area contributed by atoms with Gasteiger partial charge in [0.05, 0.1) is 38.5 Å². The van der Waals surface area contributed by atoms with Gasteiger partial charge in [-0.15, -0.1) is 0 Å². The molecule has 12 rings (SSSR count). The second-order valence-corrected chi connectivity index (χ2v) is 15.5. The minimum atomic E-state index is -0.504. The molecule has 8 aromatic carbocycles. The Balaban J connectivity index is 1.12. The van der Waals surface area contributed by atoms with Crippen LogP contribution in [0.5, 0.6) is 0 Å². The van der Waals surface area contributed by atoms with Gasteiger partial charge in [-0.25, -0.2) is 4.98 Å². The molecule has 0 saturated carbocycles. The smallest absolute Gasteiger partial charge is 0.220 e. The Hall–Kier alpha value is -6.82. The zero-order valence-corrected chi connectivity index (χ0v) is 30.5. The first kappa shape index (κ1) is 30.6. The molecule has 4 nitrogen and oxygen atoms in total. The lowest BCUT2D eigenvalue weighted by molar-refractivity contribution is 0.702. The van der Waals surface area contributed by atoms with Crippen molar-refractivity contribution in [3.8, 4) is 11.4 Å². The Morgan fingerprint density at radius 3 is 1.78 bits per heavy atom. The van der Waals surface area contributed by atoms with Crippen LogP contribution in [0.4, 0.5) is 0 Å². The summed E-state index contributed by atoms with van der Waals surface area (Å²) in [5.41, 5.74) is 13.6. The fraction of sp³-hybridized carbons (Fsp3) is 0.0200. The fourth-order valence-electron chi connectivity index (χ4n) is 9.32. The maximum Gasteiger partial charge on any atom is 0.220 e. The van der Waals surface area contributed by atoms with E-state index >= 15 is 0 Å². The van der Waals surface area contributed by atoms with Gasteiger partial charge in [0.1, 0.15) is 0 Å². The highest BCUT2D eigenvalue weighted by molar-refractivity contribution is 7.99. The molecule has 0 unspecified atom stereocenters. The normalized spacial score (nSPS) is 13.5. The van der Waals surface area contributed by atoms with E-state index in [2.05, 4.69) is 208 Å². The number of aromatic nitrogens is 4. The van der Waals surface area contributed by atoms with Crippen LogP contribution in [0.2, 0.25) is 0 Å². The van der Waals surface area contributed by atoms with Gasteiger partial charge in [0.2, 0.25) is 5.78 Å². The van der Waals surface area contributed by atoms with E-state index in [-0.39, 0.29) is 0 Å². The van der Waals surface area contributed by atoms with Gasteiger partial charge >= 0.3 is 0 Å². The van der Waals surface area contributed by atoms with E-state index in [4.69, 9.17) is 4.98 Å². The third-order valence-corrected chi connectivity index (χ3v) is 12.7. The minimum absolute atomic E-state index is 0.504. The number of hydrogen-bond donors (Lipinski definition) is 0. The molecule has 3 aromatic heterocycles. The van der Waals surface area contributed by atoms with Crippen LogP contribution < -0.4 is 0 Å². The van der Waals surface area contributed by atoms with E-state index in [1.54, 1.807) is 0 Å². The van der Waals surface area contributed by atoms with Gasteiger partial charge in [-0.3, -0.25) is 8.97 Å². The van der Waals surface area contributed by atoms with Crippen LogP contribution in [0.25, 0.3) is 61.0 Å². The highest BCUT2D eigenvalue weighted by Gasteiger charge is 2.44. The molecule has 4 heterocycles. The predicted molar refractivity (Wildman–Crippen MR) is 226 cm³/mol. The van der Waals surface area contributed by atoms with Crippen LogP contribution in [0.15, 0.2) is 204 Å². The molecule has 0 bridgehead atoms. The summed E-state index contributed by atoms with van der Waals surface area (Å²) in [6.07, 6.45) is 0. The zero-order valence-electron chi connectivity index (χ0n) is 29.7. The van der Waals surface area contributed by atoms with Gasteiger partial charge in [0.15, 0.2) is 0 Å². The molecule has 1 aliphatic heterocycles. The number of para-hydroxylation sites is 5. The second kappa shape index (κ2) is 11.6. The van der Waals surface area contributed by atoms with Crippen LogP contribution in [0.1, 0.15) is 22.3 Å².